The van der Waals surface area contributed by atoms with Gasteiger partial charge in [0.1, 0.15) is 6.61 Å². The fourth-order valence-corrected chi connectivity index (χ4v) is 3.63. The second-order valence-corrected chi connectivity index (χ2v) is 7.35. The number of nitrogens with zero attached hydrogens (tertiary/aromatic N) is 2. The number of para-hydroxylation sites is 2. The number of nitrogens with one attached hydrogen (secondary N) is 2. The van der Waals surface area contributed by atoms with Gasteiger partial charge in [0, 0.05) is 5.69 Å². The van der Waals surface area contributed by atoms with Crippen molar-refractivity contribution >= 4 is 17.5 Å². The Morgan fingerprint density at radius 3 is 2.50 bits per heavy atom. The number of carbonyl (C=O) groups excluding carboxylic acids is 2. The van der Waals surface area contributed by atoms with Gasteiger partial charge >= 0.3 is 0 Å². The molecule has 0 bridgehead atoms. The van der Waals surface area contributed by atoms with Crippen LogP contribution in [0.2, 0.25) is 0 Å². The third-order valence-corrected chi connectivity index (χ3v) is 5.27. The highest BCUT2D eigenvalue weighted by Gasteiger charge is 2.34. The summed E-state index contributed by atoms with van der Waals surface area (Å²) in [6, 6.07) is 16.1. The Labute approximate surface area is 174 Å². The number of hydrogen-bond acceptors (Lipinski definition) is 5. The van der Waals surface area contributed by atoms with Gasteiger partial charge in [0.05, 0.1) is 37.8 Å². The molecule has 1 atom stereocenters. The molecule has 0 saturated carbocycles. The van der Waals surface area contributed by atoms with Crippen molar-refractivity contribution in [2.75, 3.05) is 44.6 Å². The SMILES string of the molecule is N#Cc1ccc(NC(=O)C[NH+]2CCN(C(=O)[C@@H]3COc4ccccc4O3)CC2)cc1. The van der Waals surface area contributed by atoms with Crippen LogP contribution in [0.5, 0.6) is 11.5 Å². The van der Waals surface area contributed by atoms with E-state index in [1.807, 2.05) is 24.3 Å². The lowest BCUT2D eigenvalue weighted by atomic mass is 10.2. The molecule has 8 nitrogen and oxygen atoms in total. The summed E-state index contributed by atoms with van der Waals surface area (Å²) >= 11 is 0. The number of ether oxygens (including phenoxy) is 2. The van der Waals surface area contributed by atoms with E-state index >= 15 is 0 Å². The molecule has 1 fully saturated rings. The van der Waals surface area contributed by atoms with Crippen molar-refractivity contribution < 1.29 is 24.0 Å². The number of nitriles is 1. The van der Waals surface area contributed by atoms with Crippen LogP contribution in [0.25, 0.3) is 0 Å². The molecule has 30 heavy (non-hydrogen) atoms. The van der Waals surface area contributed by atoms with Crippen LogP contribution in [0, 0.1) is 11.3 Å². The average Bonchev–Trinajstić information content (AvgIpc) is 2.79. The van der Waals surface area contributed by atoms with E-state index in [1.165, 1.54) is 0 Å². The smallest absolute Gasteiger partial charge is 0.279 e. The largest absolute Gasteiger partial charge is 0.485 e. The van der Waals surface area contributed by atoms with E-state index in [9.17, 15) is 9.59 Å². The molecule has 2 aromatic carbocycles. The molecule has 0 aromatic heterocycles. The third kappa shape index (κ3) is 4.53. The number of quaternary nitrogens is 1. The van der Waals surface area contributed by atoms with Crippen molar-refractivity contribution in [1.82, 2.24) is 4.90 Å². The molecular formula is C22H23N4O4+. The molecule has 0 unspecified atom stereocenters. The molecule has 2 N–H and O–H groups in total. The van der Waals surface area contributed by atoms with Crippen LogP contribution < -0.4 is 19.7 Å². The minimum atomic E-state index is -0.638. The maximum atomic E-state index is 12.8. The molecule has 0 aliphatic carbocycles. The fourth-order valence-electron chi connectivity index (χ4n) is 3.63. The van der Waals surface area contributed by atoms with Crippen LogP contribution in [0.1, 0.15) is 5.56 Å². The number of carbonyl (C=O) groups is 2. The van der Waals surface area contributed by atoms with E-state index in [2.05, 4.69) is 5.32 Å². The third-order valence-electron chi connectivity index (χ3n) is 5.27. The molecule has 2 aliphatic rings. The maximum absolute atomic E-state index is 12.8. The van der Waals surface area contributed by atoms with Gasteiger partial charge in [-0.3, -0.25) is 9.59 Å². The molecule has 0 radical (unpaired) electrons. The monoisotopic (exact) mass is 407 g/mol. The highest BCUT2D eigenvalue weighted by Crippen LogP contribution is 2.31. The van der Waals surface area contributed by atoms with E-state index in [0.29, 0.717) is 55.5 Å². The highest BCUT2D eigenvalue weighted by atomic mass is 16.6. The molecule has 2 amide bonds. The van der Waals surface area contributed by atoms with Gasteiger partial charge in [0.15, 0.2) is 18.0 Å². The molecule has 2 aliphatic heterocycles. The van der Waals surface area contributed by atoms with Crippen molar-refractivity contribution in [2.24, 2.45) is 0 Å². The first-order valence-corrected chi connectivity index (χ1v) is 9.93. The van der Waals surface area contributed by atoms with Crippen LogP contribution in [-0.2, 0) is 9.59 Å². The molecular weight excluding hydrogens is 384 g/mol. The molecule has 2 heterocycles. The summed E-state index contributed by atoms with van der Waals surface area (Å²) in [6.45, 7) is 3.06. The topological polar surface area (TPSA) is 96.1 Å². The summed E-state index contributed by atoms with van der Waals surface area (Å²) in [7, 11) is 0. The van der Waals surface area contributed by atoms with Crippen molar-refractivity contribution in [2.45, 2.75) is 6.10 Å². The number of anilines is 1. The van der Waals surface area contributed by atoms with E-state index in [1.54, 1.807) is 35.2 Å². The van der Waals surface area contributed by atoms with Crippen molar-refractivity contribution in [3.63, 3.8) is 0 Å². The van der Waals surface area contributed by atoms with Gasteiger partial charge in [-0.2, -0.15) is 5.26 Å². The zero-order valence-corrected chi connectivity index (χ0v) is 16.5. The standard InChI is InChI=1S/C22H22N4O4/c23-13-16-5-7-17(8-6-16)24-21(27)14-25-9-11-26(12-10-25)22(28)20-15-29-18-3-1-2-4-19(18)30-20/h1-8,20H,9-12,14-15H2,(H,24,27)/p+1/t20-/m0/s1. The number of hydrogen-bond donors (Lipinski definition) is 2. The van der Waals surface area contributed by atoms with Crippen LogP contribution in [-0.4, -0.2) is 62.1 Å². The van der Waals surface area contributed by atoms with Crippen molar-refractivity contribution in [1.29, 1.82) is 5.26 Å². The number of amides is 2. The van der Waals surface area contributed by atoms with Crippen LogP contribution in [0.3, 0.4) is 0 Å². The first kappa shape index (κ1) is 19.7. The first-order chi connectivity index (χ1) is 14.6. The number of piperazine rings is 1. The molecule has 8 heteroatoms. The molecule has 2 aromatic rings. The molecule has 1 saturated heterocycles. The quantitative estimate of drug-likeness (QED) is 0.748. The van der Waals surface area contributed by atoms with Gasteiger partial charge in [-0.25, -0.2) is 0 Å². The van der Waals surface area contributed by atoms with Crippen LogP contribution in [0.4, 0.5) is 5.69 Å². The average molecular weight is 407 g/mol. The van der Waals surface area contributed by atoms with Crippen LogP contribution in [0.15, 0.2) is 48.5 Å². The van der Waals surface area contributed by atoms with Gasteiger partial charge in [0.25, 0.3) is 11.8 Å². The normalized spacial score (nSPS) is 18.4. The van der Waals surface area contributed by atoms with Crippen molar-refractivity contribution in [3.05, 3.63) is 54.1 Å². The number of rotatable bonds is 4. The molecule has 154 valence electrons. The Bertz CT molecular complexity index is 962. The van der Waals surface area contributed by atoms with E-state index in [4.69, 9.17) is 14.7 Å². The number of fused-ring (bicyclic) bond motifs is 1. The second-order valence-electron chi connectivity index (χ2n) is 7.35. The van der Waals surface area contributed by atoms with E-state index < -0.39 is 6.10 Å². The van der Waals surface area contributed by atoms with E-state index in [0.717, 1.165) is 4.90 Å². The summed E-state index contributed by atoms with van der Waals surface area (Å²) in [5.41, 5.74) is 1.22. The van der Waals surface area contributed by atoms with Crippen LogP contribution >= 0.6 is 0 Å². The second kappa shape index (κ2) is 8.84. The fraction of sp³-hybridized carbons (Fsp3) is 0.318. The molecule has 0 spiro atoms. The lowest BCUT2D eigenvalue weighted by Gasteiger charge is -2.35. The Morgan fingerprint density at radius 1 is 1.10 bits per heavy atom. The van der Waals surface area contributed by atoms with Gasteiger partial charge in [-0.1, -0.05) is 12.1 Å². The Kier molecular flexibility index (Phi) is 5.82. The Morgan fingerprint density at radius 2 is 1.80 bits per heavy atom. The summed E-state index contributed by atoms with van der Waals surface area (Å²) in [6.07, 6.45) is -0.638. The lowest BCUT2D eigenvalue weighted by Crippen LogP contribution is -3.15. The highest BCUT2D eigenvalue weighted by molar-refractivity contribution is 5.91. The lowest BCUT2D eigenvalue weighted by molar-refractivity contribution is -0.895. The summed E-state index contributed by atoms with van der Waals surface area (Å²) in [5.74, 6) is 1.08. The van der Waals surface area contributed by atoms with Crippen molar-refractivity contribution in [3.8, 4) is 17.6 Å². The predicted octanol–water partition coefficient (Wildman–Crippen LogP) is 0.0639. The summed E-state index contributed by atoms with van der Waals surface area (Å²) in [5, 5.41) is 11.7. The van der Waals surface area contributed by atoms with E-state index in [-0.39, 0.29) is 18.4 Å². The summed E-state index contributed by atoms with van der Waals surface area (Å²) in [4.78, 5) is 28.0. The minimum absolute atomic E-state index is 0.0782. The summed E-state index contributed by atoms with van der Waals surface area (Å²) < 4.78 is 11.5. The first-order valence-electron chi connectivity index (χ1n) is 9.93. The minimum Gasteiger partial charge on any atom is -0.485 e. The predicted molar refractivity (Wildman–Crippen MR) is 108 cm³/mol. The molecule has 4 rings (SSSR count). The zero-order chi connectivity index (χ0) is 20.9. The van der Waals surface area contributed by atoms with Gasteiger partial charge in [-0.05, 0) is 36.4 Å². The van der Waals surface area contributed by atoms with Gasteiger partial charge in [0.2, 0.25) is 6.10 Å². The van der Waals surface area contributed by atoms with Gasteiger partial charge in [-0.15, -0.1) is 0 Å². The Hall–Kier alpha value is -3.57. The number of benzene rings is 2. The van der Waals surface area contributed by atoms with Gasteiger partial charge < -0.3 is 24.6 Å². The zero-order valence-electron chi connectivity index (χ0n) is 16.5. The maximum Gasteiger partial charge on any atom is 0.279 e. The Balaban J connectivity index is 1.24.